The monoisotopic (exact) mass is 289 g/mol. The predicted molar refractivity (Wildman–Crippen MR) is 68.3 cm³/mol. The van der Waals surface area contributed by atoms with Crippen LogP contribution in [0, 0.1) is 0 Å². The number of nitrogens with zero attached hydrogens (tertiary/aromatic N) is 2. The van der Waals surface area contributed by atoms with Gasteiger partial charge in [-0.2, -0.15) is 4.98 Å². The molecule has 0 radical (unpaired) electrons. The quantitative estimate of drug-likeness (QED) is 0.835. The predicted octanol–water partition coefficient (Wildman–Crippen LogP) is 0.397. The zero-order valence-electron chi connectivity index (χ0n) is 11.1. The summed E-state index contributed by atoms with van der Waals surface area (Å²) in [6.45, 7) is 4.13. The smallest absolute Gasteiger partial charge is 0.230 e. The molecule has 8 heteroatoms. The summed E-state index contributed by atoms with van der Waals surface area (Å²) < 4.78 is 33.3. The van der Waals surface area contributed by atoms with E-state index >= 15 is 0 Å². The van der Waals surface area contributed by atoms with Crippen molar-refractivity contribution in [3.8, 4) is 0 Å². The normalized spacial score (nSPS) is 23.9. The summed E-state index contributed by atoms with van der Waals surface area (Å²) in [6, 6.07) is -0.460. The van der Waals surface area contributed by atoms with Gasteiger partial charge in [0.2, 0.25) is 5.89 Å². The van der Waals surface area contributed by atoms with Crippen molar-refractivity contribution in [1.82, 2.24) is 10.1 Å². The first-order valence-corrected chi connectivity index (χ1v) is 8.10. The van der Waals surface area contributed by atoms with Gasteiger partial charge in [-0.3, -0.25) is 0 Å². The molecule has 2 N–H and O–H groups in total. The third kappa shape index (κ3) is 3.74. The van der Waals surface area contributed by atoms with Gasteiger partial charge in [-0.05, 0) is 20.3 Å². The Morgan fingerprint density at radius 3 is 2.84 bits per heavy atom. The van der Waals surface area contributed by atoms with Crippen molar-refractivity contribution in [3.05, 3.63) is 11.7 Å². The molecule has 1 aromatic rings. The minimum absolute atomic E-state index is 0.0758. The molecule has 0 saturated carbocycles. The van der Waals surface area contributed by atoms with Crippen LogP contribution in [0.3, 0.4) is 0 Å². The molecular weight excluding hydrogens is 270 g/mol. The first-order chi connectivity index (χ1) is 8.87. The Morgan fingerprint density at radius 1 is 1.53 bits per heavy atom. The topological polar surface area (TPSA) is 108 Å². The number of sulfone groups is 1. The molecule has 108 valence electrons. The van der Waals surface area contributed by atoms with E-state index in [4.69, 9.17) is 15.0 Å². The lowest BCUT2D eigenvalue weighted by molar-refractivity contribution is 0.0665. The van der Waals surface area contributed by atoms with Crippen molar-refractivity contribution in [1.29, 1.82) is 0 Å². The summed E-state index contributed by atoms with van der Waals surface area (Å²) in [5.74, 6) is 0.769. The Kier molecular flexibility index (Phi) is 4.22. The summed E-state index contributed by atoms with van der Waals surface area (Å²) in [6.07, 6.45) is 0.610. The van der Waals surface area contributed by atoms with Gasteiger partial charge in [0.1, 0.15) is 0 Å². The Balaban J connectivity index is 1.99. The lowest BCUT2D eigenvalue weighted by Crippen LogP contribution is -2.21. The number of ether oxygens (including phenoxy) is 1. The van der Waals surface area contributed by atoms with Gasteiger partial charge in [0, 0.05) is 0 Å². The van der Waals surface area contributed by atoms with Crippen molar-refractivity contribution < 1.29 is 17.7 Å². The van der Waals surface area contributed by atoms with Gasteiger partial charge < -0.3 is 15.0 Å². The number of rotatable bonds is 5. The molecule has 1 aromatic heterocycles. The fourth-order valence-electron chi connectivity index (χ4n) is 1.92. The Bertz CT molecular complexity index is 526. The van der Waals surface area contributed by atoms with Crippen LogP contribution in [0.15, 0.2) is 4.52 Å². The van der Waals surface area contributed by atoms with Gasteiger partial charge in [0.05, 0.1) is 36.2 Å². The first-order valence-electron chi connectivity index (χ1n) is 6.28. The molecule has 0 aromatic carbocycles. The van der Waals surface area contributed by atoms with Crippen molar-refractivity contribution in [2.45, 2.75) is 38.3 Å². The molecular formula is C11H19N3O4S. The highest BCUT2D eigenvalue weighted by atomic mass is 32.2. The first kappa shape index (κ1) is 14.4. The third-order valence-corrected chi connectivity index (χ3v) is 4.75. The average molecular weight is 289 g/mol. The second-order valence-corrected chi connectivity index (χ2v) is 7.31. The molecule has 2 atom stereocenters. The zero-order valence-corrected chi connectivity index (χ0v) is 11.9. The van der Waals surface area contributed by atoms with Crippen LogP contribution in [0.4, 0.5) is 0 Å². The van der Waals surface area contributed by atoms with E-state index in [9.17, 15) is 8.42 Å². The fourth-order valence-corrected chi connectivity index (χ4v) is 3.66. The van der Waals surface area contributed by atoms with Gasteiger partial charge >= 0.3 is 0 Å². The number of nitrogens with two attached hydrogens (primary N) is 1. The van der Waals surface area contributed by atoms with E-state index in [0.717, 1.165) is 0 Å². The van der Waals surface area contributed by atoms with Crippen molar-refractivity contribution in [2.24, 2.45) is 5.73 Å². The fraction of sp³-hybridized carbons (Fsp3) is 0.818. The largest absolute Gasteiger partial charge is 0.377 e. The highest BCUT2D eigenvalue weighted by Gasteiger charge is 2.33. The molecule has 7 nitrogen and oxygen atoms in total. The van der Waals surface area contributed by atoms with Crippen molar-refractivity contribution >= 4 is 9.84 Å². The van der Waals surface area contributed by atoms with E-state index < -0.39 is 15.9 Å². The summed E-state index contributed by atoms with van der Waals surface area (Å²) >= 11 is 0. The van der Waals surface area contributed by atoms with E-state index in [0.29, 0.717) is 24.7 Å². The molecule has 1 saturated heterocycles. The van der Waals surface area contributed by atoms with E-state index in [-0.39, 0.29) is 23.5 Å². The zero-order chi connectivity index (χ0) is 14.0. The van der Waals surface area contributed by atoms with Gasteiger partial charge in [-0.1, -0.05) is 5.16 Å². The Hall–Kier alpha value is -0.990. The summed E-state index contributed by atoms with van der Waals surface area (Å²) in [7, 11) is -2.96. The molecule has 19 heavy (non-hydrogen) atoms. The van der Waals surface area contributed by atoms with Gasteiger partial charge in [-0.15, -0.1) is 0 Å². The lowest BCUT2D eigenvalue weighted by Gasteiger charge is -2.10. The number of hydrogen-bond acceptors (Lipinski definition) is 7. The maximum atomic E-state index is 11.4. The lowest BCUT2D eigenvalue weighted by atomic mass is 10.1. The van der Waals surface area contributed by atoms with Crippen LogP contribution in [0.5, 0.6) is 0 Å². The van der Waals surface area contributed by atoms with Gasteiger partial charge in [-0.25, -0.2) is 8.42 Å². The van der Waals surface area contributed by atoms with E-state index in [2.05, 4.69) is 10.1 Å². The van der Waals surface area contributed by atoms with Crippen molar-refractivity contribution in [2.75, 3.05) is 18.1 Å². The van der Waals surface area contributed by atoms with Crippen LogP contribution in [0.2, 0.25) is 0 Å². The molecule has 0 spiro atoms. The van der Waals surface area contributed by atoms with E-state index in [1.54, 1.807) is 0 Å². The van der Waals surface area contributed by atoms with E-state index in [1.165, 1.54) is 0 Å². The van der Waals surface area contributed by atoms with E-state index in [1.807, 2.05) is 13.8 Å². The SMILES string of the molecule is CC(C)OCC(N)c1noc(C2CCS(=O)(=O)C2)n1. The van der Waals surface area contributed by atoms with Crippen LogP contribution >= 0.6 is 0 Å². The standard InChI is InChI=1S/C11H19N3O4S/c1-7(2)17-5-9(12)10-13-11(18-14-10)8-3-4-19(15,16)6-8/h7-9H,3-6,12H2,1-2H3. The van der Waals surface area contributed by atoms with Gasteiger partial charge in [0.15, 0.2) is 15.7 Å². The number of aromatic nitrogens is 2. The molecule has 1 fully saturated rings. The average Bonchev–Trinajstić information content (AvgIpc) is 2.92. The maximum absolute atomic E-state index is 11.4. The highest BCUT2D eigenvalue weighted by Crippen LogP contribution is 2.28. The second-order valence-electron chi connectivity index (χ2n) is 5.08. The second kappa shape index (κ2) is 5.56. The van der Waals surface area contributed by atoms with Crippen LogP contribution in [-0.2, 0) is 14.6 Å². The Morgan fingerprint density at radius 2 is 2.26 bits per heavy atom. The maximum Gasteiger partial charge on any atom is 0.230 e. The highest BCUT2D eigenvalue weighted by molar-refractivity contribution is 7.91. The minimum Gasteiger partial charge on any atom is -0.377 e. The molecule has 0 aliphatic carbocycles. The molecule has 2 heterocycles. The van der Waals surface area contributed by atoms with Gasteiger partial charge in [0.25, 0.3) is 0 Å². The summed E-state index contributed by atoms with van der Waals surface area (Å²) in [4.78, 5) is 4.19. The van der Waals surface area contributed by atoms with Crippen molar-refractivity contribution in [3.63, 3.8) is 0 Å². The van der Waals surface area contributed by atoms with Crippen LogP contribution < -0.4 is 5.73 Å². The third-order valence-electron chi connectivity index (χ3n) is 2.98. The number of hydrogen-bond donors (Lipinski definition) is 1. The molecule has 0 bridgehead atoms. The molecule has 2 rings (SSSR count). The van der Waals surface area contributed by atoms with Crippen LogP contribution in [0.25, 0.3) is 0 Å². The molecule has 0 amide bonds. The molecule has 2 unspecified atom stereocenters. The summed E-state index contributed by atoms with van der Waals surface area (Å²) in [5, 5.41) is 3.80. The van der Waals surface area contributed by atoms with Crippen LogP contribution in [-0.4, -0.2) is 42.8 Å². The minimum atomic E-state index is -2.96. The Labute approximate surface area is 112 Å². The summed E-state index contributed by atoms with van der Waals surface area (Å²) in [5.41, 5.74) is 5.88. The molecule has 1 aliphatic heterocycles. The molecule has 1 aliphatic rings. The van der Waals surface area contributed by atoms with Crippen LogP contribution in [0.1, 0.15) is 43.9 Å².